The minimum absolute atomic E-state index is 0.119. The number of nitrogens with zero attached hydrogens (tertiary/aromatic N) is 6. The summed E-state index contributed by atoms with van der Waals surface area (Å²) in [5.74, 6) is 0.553. The lowest BCUT2D eigenvalue weighted by molar-refractivity contribution is 0.0717. The van der Waals surface area contributed by atoms with Crippen LogP contribution in [0.3, 0.4) is 0 Å². The number of aryl methyl sites for hydroxylation is 2. The van der Waals surface area contributed by atoms with Gasteiger partial charge in [0.25, 0.3) is 5.91 Å². The highest BCUT2D eigenvalue weighted by Crippen LogP contribution is 2.44. The van der Waals surface area contributed by atoms with Crippen LogP contribution in [0, 0.1) is 25.6 Å². The van der Waals surface area contributed by atoms with Crippen molar-refractivity contribution in [3.8, 4) is 5.69 Å². The maximum Gasteiger partial charge on any atom is 0.256 e. The molecule has 3 atom stereocenters. The molecule has 4 heterocycles. The Bertz CT molecular complexity index is 1080. The number of carbonyl (C=O) groups excluding carboxylic acids is 1. The quantitative estimate of drug-likeness (QED) is 0.666. The van der Waals surface area contributed by atoms with Gasteiger partial charge in [-0.05, 0) is 63.3 Å². The summed E-state index contributed by atoms with van der Waals surface area (Å²) in [6, 6.07) is 6.43. The fraction of sp³-hybridized carbons (Fsp3) is 0.409. The largest absolute Gasteiger partial charge is 0.332 e. The number of carbonyl (C=O) groups is 1. The maximum atomic E-state index is 14.0. The van der Waals surface area contributed by atoms with E-state index in [2.05, 4.69) is 20.2 Å². The molecule has 2 saturated heterocycles. The summed E-state index contributed by atoms with van der Waals surface area (Å²) < 4.78 is 14.0. The number of halogens is 1. The molecule has 8 heteroatoms. The molecule has 2 aliphatic heterocycles. The van der Waals surface area contributed by atoms with Gasteiger partial charge in [0.05, 0.1) is 23.6 Å². The van der Waals surface area contributed by atoms with Crippen LogP contribution in [0.1, 0.15) is 46.8 Å². The monoisotopic (exact) mass is 406 g/mol. The van der Waals surface area contributed by atoms with Gasteiger partial charge in [0, 0.05) is 29.9 Å². The zero-order chi connectivity index (χ0) is 20.8. The molecular formula is C22H23FN6O. The second-order valence-corrected chi connectivity index (χ2v) is 8.26. The third kappa shape index (κ3) is 3.26. The average molecular weight is 406 g/mol. The molecule has 0 saturated carbocycles. The second-order valence-electron chi connectivity index (χ2n) is 8.26. The van der Waals surface area contributed by atoms with Crippen molar-refractivity contribution in [2.24, 2.45) is 5.92 Å². The fourth-order valence-corrected chi connectivity index (χ4v) is 5.11. The minimum Gasteiger partial charge on any atom is -0.332 e. The molecule has 5 rings (SSSR count). The van der Waals surface area contributed by atoms with Crippen LogP contribution in [0.15, 0.2) is 36.7 Å². The Morgan fingerprint density at radius 1 is 1.10 bits per heavy atom. The molecular weight excluding hydrogens is 383 g/mol. The SMILES string of the molecule is Cc1cc(C)nc(CC2CC3CCC2N3C(=O)c2cc(F)ccc2-n2nccn2)n1. The summed E-state index contributed by atoms with van der Waals surface area (Å²) in [7, 11) is 0. The predicted molar refractivity (Wildman–Crippen MR) is 108 cm³/mol. The molecule has 7 nitrogen and oxygen atoms in total. The molecule has 0 aliphatic carbocycles. The lowest BCUT2D eigenvalue weighted by Gasteiger charge is -2.25. The molecule has 0 spiro atoms. The van der Waals surface area contributed by atoms with Crippen molar-refractivity contribution in [3.63, 3.8) is 0 Å². The van der Waals surface area contributed by atoms with Gasteiger partial charge >= 0.3 is 0 Å². The molecule has 0 radical (unpaired) electrons. The van der Waals surface area contributed by atoms with E-state index in [4.69, 9.17) is 0 Å². The van der Waals surface area contributed by atoms with Gasteiger partial charge in [-0.25, -0.2) is 14.4 Å². The van der Waals surface area contributed by atoms with Crippen molar-refractivity contribution >= 4 is 5.91 Å². The summed E-state index contributed by atoms with van der Waals surface area (Å²) in [5, 5.41) is 8.25. The van der Waals surface area contributed by atoms with E-state index in [0.717, 1.165) is 42.9 Å². The zero-order valence-electron chi connectivity index (χ0n) is 17.0. The first-order chi connectivity index (χ1) is 14.5. The molecule has 0 N–H and O–H groups in total. The fourth-order valence-electron chi connectivity index (χ4n) is 5.11. The first-order valence-corrected chi connectivity index (χ1v) is 10.3. The van der Waals surface area contributed by atoms with Gasteiger partial charge in [-0.1, -0.05) is 0 Å². The number of benzene rings is 1. The first kappa shape index (κ1) is 18.8. The highest BCUT2D eigenvalue weighted by molar-refractivity contribution is 5.98. The van der Waals surface area contributed by atoms with E-state index in [1.165, 1.54) is 29.3 Å². The summed E-state index contributed by atoms with van der Waals surface area (Å²) in [5.41, 5.74) is 2.72. The van der Waals surface area contributed by atoms with Gasteiger partial charge in [0.15, 0.2) is 0 Å². The second kappa shape index (κ2) is 7.27. The third-order valence-electron chi connectivity index (χ3n) is 6.20. The summed E-state index contributed by atoms with van der Waals surface area (Å²) >= 11 is 0. The van der Waals surface area contributed by atoms with Gasteiger partial charge < -0.3 is 4.90 Å². The van der Waals surface area contributed by atoms with E-state index in [9.17, 15) is 9.18 Å². The topological polar surface area (TPSA) is 76.8 Å². The van der Waals surface area contributed by atoms with E-state index < -0.39 is 5.82 Å². The molecule has 2 aromatic heterocycles. The Hall–Kier alpha value is -3.16. The third-order valence-corrected chi connectivity index (χ3v) is 6.20. The van der Waals surface area contributed by atoms with Gasteiger partial charge in [-0.15, -0.1) is 0 Å². The lowest BCUT2D eigenvalue weighted by Crippen LogP contribution is -2.37. The van der Waals surface area contributed by atoms with E-state index in [-0.39, 0.29) is 18.0 Å². The Morgan fingerprint density at radius 3 is 2.57 bits per heavy atom. The Balaban J connectivity index is 1.43. The number of rotatable bonds is 4. The Labute approximate surface area is 174 Å². The summed E-state index contributed by atoms with van der Waals surface area (Å²) in [4.78, 5) is 26.0. The summed E-state index contributed by atoms with van der Waals surface area (Å²) in [6.07, 6.45) is 6.69. The van der Waals surface area contributed by atoms with Crippen LogP contribution in [0.2, 0.25) is 0 Å². The first-order valence-electron chi connectivity index (χ1n) is 10.3. The Morgan fingerprint density at radius 2 is 1.83 bits per heavy atom. The highest BCUT2D eigenvalue weighted by Gasteiger charge is 2.49. The molecule has 2 bridgehead atoms. The van der Waals surface area contributed by atoms with Crippen LogP contribution < -0.4 is 0 Å². The number of aromatic nitrogens is 5. The van der Waals surface area contributed by atoms with Crippen LogP contribution in [0.4, 0.5) is 4.39 Å². The molecule has 2 aliphatic rings. The van der Waals surface area contributed by atoms with Crippen LogP contribution >= 0.6 is 0 Å². The van der Waals surface area contributed by atoms with Crippen LogP contribution in [-0.4, -0.2) is 47.9 Å². The van der Waals surface area contributed by atoms with Crippen LogP contribution in [-0.2, 0) is 6.42 Å². The maximum absolute atomic E-state index is 14.0. The smallest absolute Gasteiger partial charge is 0.256 e. The highest BCUT2D eigenvalue weighted by atomic mass is 19.1. The average Bonchev–Trinajstić information content (AvgIpc) is 3.43. The molecule has 2 fully saturated rings. The predicted octanol–water partition coefficient (Wildman–Crippen LogP) is 3.05. The van der Waals surface area contributed by atoms with Gasteiger partial charge in [0.1, 0.15) is 11.6 Å². The van der Waals surface area contributed by atoms with Crippen LogP contribution in [0.5, 0.6) is 0 Å². The van der Waals surface area contributed by atoms with E-state index >= 15 is 0 Å². The zero-order valence-corrected chi connectivity index (χ0v) is 17.0. The minimum atomic E-state index is -0.444. The molecule has 154 valence electrons. The van der Waals surface area contributed by atoms with E-state index in [1.807, 2.05) is 24.8 Å². The molecule has 3 unspecified atom stereocenters. The number of hydrogen-bond donors (Lipinski definition) is 0. The van der Waals surface area contributed by atoms with Crippen LogP contribution in [0.25, 0.3) is 5.69 Å². The van der Waals surface area contributed by atoms with Gasteiger partial charge in [-0.2, -0.15) is 15.0 Å². The van der Waals surface area contributed by atoms with Crippen molar-refractivity contribution in [3.05, 3.63) is 65.3 Å². The standard InChI is InChI=1S/C22H23FN6O/c1-13-9-14(2)27-21(26-13)11-15-10-17-4-6-19(15)28(17)22(30)18-12-16(23)3-5-20(18)29-24-7-8-25-29/h3,5,7-9,12,15,17,19H,4,6,10-11H2,1-2H3. The molecule has 1 aromatic carbocycles. The number of amides is 1. The van der Waals surface area contributed by atoms with Crippen molar-refractivity contribution in [1.29, 1.82) is 0 Å². The molecule has 1 amide bonds. The molecule has 30 heavy (non-hydrogen) atoms. The number of hydrogen-bond acceptors (Lipinski definition) is 5. The van der Waals surface area contributed by atoms with Crippen molar-refractivity contribution in [2.45, 2.75) is 51.6 Å². The van der Waals surface area contributed by atoms with Crippen molar-refractivity contribution in [1.82, 2.24) is 29.9 Å². The number of fused-ring (bicyclic) bond motifs is 2. The normalized spacial score (nSPS) is 22.6. The van der Waals surface area contributed by atoms with Gasteiger partial charge in [-0.3, -0.25) is 4.79 Å². The van der Waals surface area contributed by atoms with Crippen molar-refractivity contribution in [2.75, 3.05) is 0 Å². The van der Waals surface area contributed by atoms with Gasteiger partial charge in [0.2, 0.25) is 0 Å². The summed E-state index contributed by atoms with van der Waals surface area (Å²) in [6.45, 7) is 3.95. The molecule has 3 aromatic rings. The van der Waals surface area contributed by atoms with E-state index in [0.29, 0.717) is 17.2 Å². The van der Waals surface area contributed by atoms with E-state index in [1.54, 1.807) is 6.07 Å². The van der Waals surface area contributed by atoms with Crippen molar-refractivity contribution < 1.29 is 9.18 Å². The Kier molecular flexibility index (Phi) is 4.56. The lowest BCUT2D eigenvalue weighted by atomic mass is 9.86.